The van der Waals surface area contributed by atoms with Gasteiger partial charge in [0.15, 0.2) is 5.78 Å². The number of benzene rings is 1. The van der Waals surface area contributed by atoms with Gasteiger partial charge in [0.1, 0.15) is 0 Å². The van der Waals surface area contributed by atoms with Crippen LogP contribution in [0.5, 0.6) is 0 Å². The van der Waals surface area contributed by atoms with Crippen LogP contribution < -0.4 is 5.32 Å². The SMILES string of the molecule is CCCCC(NC)C(=O)c1ccc2ccsc2c1. The number of rotatable bonds is 6. The number of Topliss-reactive ketones (excluding diaryl/α,β-unsaturated/α-hetero) is 1. The lowest BCUT2D eigenvalue weighted by atomic mass is 9.99. The third-order valence-electron chi connectivity index (χ3n) is 3.25. The van der Waals surface area contributed by atoms with E-state index in [0.29, 0.717) is 0 Å². The van der Waals surface area contributed by atoms with Gasteiger partial charge in [0.05, 0.1) is 6.04 Å². The molecule has 0 radical (unpaired) electrons. The van der Waals surface area contributed by atoms with Crippen molar-refractivity contribution in [1.29, 1.82) is 0 Å². The van der Waals surface area contributed by atoms with Crippen LogP contribution in [0.4, 0.5) is 0 Å². The van der Waals surface area contributed by atoms with Crippen LogP contribution in [0.3, 0.4) is 0 Å². The molecule has 0 saturated heterocycles. The van der Waals surface area contributed by atoms with Gasteiger partial charge in [0, 0.05) is 10.3 Å². The highest BCUT2D eigenvalue weighted by molar-refractivity contribution is 7.17. The first-order valence-electron chi connectivity index (χ1n) is 6.45. The first kappa shape index (κ1) is 13.2. The van der Waals surface area contributed by atoms with Gasteiger partial charge in [-0.15, -0.1) is 11.3 Å². The molecule has 0 amide bonds. The summed E-state index contributed by atoms with van der Waals surface area (Å²) in [5.74, 6) is 0.209. The van der Waals surface area contributed by atoms with Crippen LogP contribution in [-0.2, 0) is 0 Å². The Kier molecular flexibility index (Phi) is 4.50. The number of nitrogens with one attached hydrogen (secondary N) is 1. The molecule has 0 fully saturated rings. The van der Waals surface area contributed by atoms with Gasteiger partial charge in [0.25, 0.3) is 0 Å². The Labute approximate surface area is 112 Å². The maximum absolute atomic E-state index is 12.4. The topological polar surface area (TPSA) is 29.1 Å². The van der Waals surface area contributed by atoms with Gasteiger partial charge in [-0.1, -0.05) is 31.9 Å². The second-order valence-electron chi connectivity index (χ2n) is 4.52. The number of carbonyl (C=O) groups excluding carboxylic acids is 1. The van der Waals surface area contributed by atoms with E-state index < -0.39 is 0 Å². The fourth-order valence-electron chi connectivity index (χ4n) is 2.12. The van der Waals surface area contributed by atoms with Crippen molar-refractivity contribution >= 4 is 27.2 Å². The molecular formula is C15H19NOS. The van der Waals surface area contributed by atoms with E-state index in [1.807, 2.05) is 25.2 Å². The minimum atomic E-state index is -0.0534. The molecular weight excluding hydrogens is 242 g/mol. The molecule has 1 aromatic heterocycles. The van der Waals surface area contributed by atoms with E-state index in [1.54, 1.807) is 11.3 Å². The summed E-state index contributed by atoms with van der Waals surface area (Å²) in [5, 5.41) is 6.41. The molecule has 1 heterocycles. The maximum atomic E-state index is 12.4. The average molecular weight is 261 g/mol. The van der Waals surface area contributed by atoms with Gasteiger partial charge in [0.2, 0.25) is 0 Å². The quantitative estimate of drug-likeness (QED) is 0.800. The molecule has 0 aliphatic heterocycles. The molecule has 18 heavy (non-hydrogen) atoms. The van der Waals surface area contributed by atoms with Crippen LogP contribution in [0.25, 0.3) is 10.1 Å². The number of ketones is 1. The Morgan fingerprint density at radius 3 is 2.94 bits per heavy atom. The molecule has 2 nitrogen and oxygen atoms in total. The highest BCUT2D eigenvalue weighted by Gasteiger charge is 2.17. The molecule has 1 aromatic carbocycles. The molecule has 1 atom stereocenters. The lowest BCUT2D eigenvalue weighted by Crippen LogP contribution is -2.33. The fraction of sp³-hybridized carbons (Fsp3) is 0.400. The molecule has 2 rings (SSSR count). The van der Waals surface area contributed by atoms with Crippen molar-refractivity contribution in [2.45, 2.75) is 32.2 Å². The summed E-state index contributed by atoms with van der Waals surface area (Å²) in [6.45, 7) is 2.15. The number of likely N-dealkylation sites (N-methyl/N-ethyl adjacent to an activating group) is 1. The van der Waals surface area contributed by atoms with Crippen molar-refractivity contribution in [3.8, 4) is 0 Å². The van der Waals surface area contributed by atoms with Gasteiger partial charge in [-0.25, -0.2) is 0 Å². The summed E-state index contributed by atoms with van der Waals surface area (Å²) in [7, 11) is 1.86. The molecule has 1 unspecified atom stereocenters. The zero-order valence-corrected chi connectivity index (χ0v) is 11.7. The highest BCUT2D eigenvalue weighted by Crippen LogP contribution is 2.23. The number of carbonyl (C=O) groups is 1. The third-order valence-corrected chi connectivity index (χ3v) is 4.13. The summed E-state index contributed by atoms with van der Waals surface area (Å²) in [5.41, 5.74) is 0.820. The lowest BCUT2D eigenvalue weighted by Gasteiger charge is -2.14. The number of fused-ring (bicyclic) bond motifs is 1. The maximum Gasteiger partial charge on any atom is 0.179 e. The summed E-state index contributed by atoms with van der Waals surface area (Å²) < 4.78 is 1.19. The van der Waals surface area contributed by atoms with Crippen LogP contribution in [0.2, 0.25) is 0 Å². The van der Waals surface area contributed by atoms with Crippen molar-refractivity contribution < 1.29 is 4.79 Å². The highest BCUT2D eigenvalue weighted by atomic mass is 32.1. The summed E-state index contributed by atoms with van der Waals surface area (Å²) in [4.78, 5) is 12.4. The molecule has 96 valence electrons. The molecule has 0 bridgehead atoms. The van der Waals surface area contributed by atoms with E-state index in [4.69, 9.17) is 0 Å². The second kappa shape index (κ2) is 6.12. The molecule has 2 aromatic rings. The van der Waals surface area contributed by atoms with E-state index in [-0.39, 0.29) is 11.8 Å². The van der Waals surface area contributed by atoms with Gasteiger partial charge in [-0.3, -0.25) is 4.79 Å². The zero-order chi connectivity index (χ0) is 13.0. The predicted molar refractivity (Wildman–Crippen MR) is 78.5 cm³/mol. The van der Waals surface area contributed by atoms with Gasteiger partial charge in [-0.05, 0) is 36.4 Å². The first-order valence-corrected chi connectivity index (χ1v) is 7.33. The normalized spacial score (nSPS) is 12.8. The fourth-order valence-corrected chi connectivity index (χ4v) is 2.95. The molecule has 1 N–H and O–H groups in total. The Hall–Kier alpha value is -1.19. The lowest BCUT2D eigenvalue weighted by molar-refractivity contribution is 0.0941. The first-order chi connectivity index (χ1) is 8.76. The summed E-state index contributed by atoms with van der Waals surface area (Å²) in [6.07, 6.45) is 3.11. The van der Waals surface area contributed by atoms with Crippen molar-refractivity contribution in [1.82, 2.24) is 5.32 Å². The van der Waals surface area contributed by atoms with E-state index in [9.17, 15) is 4.79 Å². The van der Waals surface area contributed by atoms with Crippen LogP contribution >= 0.6 is 11.3 Å². The molecule has 0 aliphatic rings. The monoisotopic (exact) mass is 261 g/mol. The third kappa shape index (κ3) is 2.79. The molecule has 3 heteroatoms. The van der Waals surface area contributed by atoms with Crippen LogP contribution in [-0.4, -0.2) is 18.9 Å². The second-order valence-corrected chi connectivity index (χ2v) is 5.47. The minimum absolute atomic E-state index is 0.0534. The number of unbranched alkanes of at least 4 members (excludes halogenated alkanes) is 1. The van der Waals surface area contributed by atoms with Crippen LogP contribution in [0.1, 0.15) is 36.5 Å². The largest absolute Gasteiger partial charge is 0.310 e. The van der Waals surface area contributed by atoms with Crippen LogP contribution in [0, 0.1) is 0 Å². The van der Waals surface area contributed by atoms with Gasteiger partial charge < -0.3 is 5.32 Å². The standard InChI is InChI=1S/C15H19NOS/c1-3-4-5-13(16-2)15(17)12-7-6-11-8-9-18-14(11)10-12/h6-10,13,16H,3-5H2,1-2H3. The number of hydrogen-bond acceptors (Lipinski definition) is 3. The minimum Gasteiger partial charge on any atom is -0.310 e. The van der Waals surface area contributed by atoms with Gasteiger partial charge >= 0.3 is 0 Å². The zero-order valence-electron chi connectivity index (χ0n) is 10.9. The summed E-state index contributed by atoms with van der Waals surface area (Å²) in [6, 6.07) is 8.01. The van der Waals surface area contributed by atoms with Crippen LogP contribution in [0.15, 0.2) is 29.6 Å². The number of thiophene rings is 1. The molecule has 0 spiro atoms. The molecule has 0 aliphatic carbocycles. The number of hydrogen-bond donors (Lipinski definition) is 1. The van der Waals surface area contributed by atoms with E-state index in [1.165, 1.54) is 10.1 Å². The Balaban J connectivity index is 2.20. The van der Waals surface area contributed by atoms with E-state index in [0.717, 1.165) is 24.8 Å². The van der Waals surface area contributed by atoms with Gasteiger partial charge in [-0.2, -0.15) is 0 Å². The summed E-state index contributed by atoms with van der Waals surface area (Å²) >= 11 is 1.68. The molecule has 0 saturated carbocycles. The van der Waals surface area contributed by atoms with E-state index >= 15 is 0 Å². The Bertz CT molecular complexity index is 532. The average Bonchev–Trinajstić information content (AvgIpc) is 2.86. The van der Waals surface area contributed by atoms with Crippen molar-refractivity contribution in [2.24, 2.45) is 0 Å². The predicted octanol–water partition coefficient (Wildman–Crippen LogP) is 3.86. The van der Waals surface area contributed by atoms with E-state index in [2.05, 4.69) is 23.7 Å². The van der Waals surface area contributed by atoms with Crippen molar-refractivity contribution in [2.75, 3.05) is 7.05 Å². The smallest absolute Gasteiger partial charge is 0.179 e. The Morgan fingerprint density at radius 2 is 2.22 bits per heavy atom. The Morgan fingerprint density at radius 1 is 1.39 bits per heavy atom. The van der Waals surface area contributed by atoms with Crippen molar-refractivity contribution in [3.63, 3.8) is 0 Å². The van der Waals surface area contributed by atoms with Crippen molar-refractivity contribution in [3.05, 3.63) is 35.2 Å².